The molecular formula is C14H20N2O2. The summed E-state index contributed by atoms with van der Waals surface area (Å²) in [4.78, 5) is 14.0. The zero-order valence-corrected chi connectivity index (χ0v) is 10.8. The zero-order chi connectivity index (χ0) is 13.0. The molecular weight excluding hydrogens is 228 g/mol. The van der Waals surface area contributed by atoms with E-state index in [1.165, 1.54) is 0 Å². The van der Waals surface area contributed by atoms with Crippen molar-refractivity contribution in [1.82, 2.24) is 4.90 Å². The Bertz CT molecular complexity index is 420. The minimum Gasteiger partial charge on any atom is -0.399 e. The Kier molecular flexibility index (Phi) is 4.20. The lowest BCUT2D eigenvalue weighted by Crippen LogP contribution is -2.47. The number of nitrogens with two attached hydrogens (primary N) is 1. The molecule has 98 valence electrons. The highest BCUT2D eigenvalue weighted by molar-refractivity contribution is 5.77. The number of nitrogen functional groups attached to an aromatic ring is 1. The number of morpholine rings is 1. The molecule has 1 aliphatic heterocycles. The first kappa shape index (κ1) is 12.9. The van der Waals surface area contributed by atoms with Crippen LogP contribution in [0.2, 0.25) is 0 Å². The first-order valence-corrected chi connectivity index (χ1v) is 6.38. The van der Waals surface area contributed by atoms with Gasteiger partial charge in [-0.15, -0.1) is 0 Å². The molecule has 0 spiro atoms. The topological polar surface area (TPSA) is 55.6 Å². The molecule has 4 heteroatoms. The summed E-state index contributed by atoms with van der Waals surface area (Å²) in [6.45, 7) is 4.02. The second-order valence-corrected chi connectivity index (χ2v) is 4.76. The third-order valence-electron chi connectivity index (χ3n) is 3.27. The van der Waals surface area contributed by atoms with Gasteiger partial charge < -0.3 is 15.4 Å². The minimum atomic E-state index is 0.187. The highest BCUT2D eigenvalue weighted by atomic mass is 16.5. The summed E-state index contributed by atoms with van der Waals surface area (Å²) in [5.74, 6) is 0.202. The third-order valence-corrected chi connectivity index (χ3v) is 3.27. The van der Waals surface area contributed by atoms with Crippen molar-refractivity contribution in [3.8, 4) is 0 Å². The molecule has 1 amide bonds. The van der Waals surface area contributed by atoms with Crippen LogP contribution >= 0.6 is 0 Å². The fraction of sp³-hybridized carbons (Fsp3) is 0.500. The molecule has 1 heterocycles. The van der Waals surface area contributed by atoms with Crippen molar-refractivity contribution in [2.75, 3.05) is 25.5 Å². The zero-order valence-electron chi connectivity index (χ0n) is 10.8. The number of anilines is 1. The van der Waals surface area contributed by atoms with Gasteiger partial charge in [0, 0.05) is 18.7 Å². The first-order valence-electron chi connectivity index (χ1n) is 6.38. The Labute approximate surface area is 108 Å². The van der Waals surface area contributed by atoms with E-state index in [1.807, 2.05) is 36.1 Å². The van der Waals surface area contributed by atoms with Crippen molar-refractivity contribution in [2.24, 2.45) is 0 Å². The van der Waals surface area contributed by atoms with Crippen molar-refractivity contribution >= 4 is 11.6 Å². The van der Waals surface area contributed by atoms with Gasteiger partial charge >= 0.3 is 0 Å². The van der Waals surface area contributed by atoms with Gasteiger partial charge in [0.05, 0.1) is 19.3 Å². The van der Waals surface area contributed by atoms with E-state index in [0.29, 0.717) is 26.2 Å². The van der Waals surface area contributed by atoms with E-state index in [9.17, 15) is 4.79 Å². The molecule has 1 saturated heterocycles. The quantitative estimate of drug-likeness (QED) is 0.824. The smallest absolute Gasteiger partial charge is 0.223 e. The van der Waals surface area contributed by atoms with Gasteiger partial charge in [0.2, 0.25) is 5.91 Å². The van der Waals surface area contributed by atoms with Gasteiger partial charge in [-0.25, -0.2) is 0 Å². The predicted molar refractivity (Wildman–Crippen MR) is 71.2 cm³/mol. The van der Waals surface area contributed by atoms with E-state index in [0.717, 1.165) is 17.7 Å². The molecule has 1 aromatic rings. The van der Waals surface area contributed by atoms with E-state index < -0.39 is 0 Å². The number of hydrogen-bond acceptors (Lipinski definition) is 3. The number of nitrogens with zero attached hydrogens (tertiary/aromatic N) is 1. The lowest BCUT2D eigenvalue weighted by molar-refractivity contribution is -0.139. The molecule has 2 rings (SSSR count). The Morgan fingerprint density at radius 1 is 1.56 bits per heavy atom. The van der Waals surface area contributed by atoms with Gasteiger partial charge in [0.25, 0.3) is 0 Å². The molecule has 1 fully saturated rings. The van der Waals surface area contributed by atoms with Crippen molar-refractivity contribution < 1.29 is 9.53 Å². The Balaban J connectivity index is 1.88. The fourth-order valence-electron chi connectivity index (χ4n) is 2.24. The van der Waals surface area contributed by atoms with Gasteiger partial charge in [-0.3, -0.25) is 4.79 Å². The lowest BCUT2D eigenvalue weighted by Gasteiger charge is -2.33. The van der Waals surface area contributed by atoms with E-state index in [2.05, 4.69) is 0 Å². The maximum absolute atomic E-state index is 12.1. The van der Waals surface area contributed by atoms with Crippen LogP contribution in [-0.4, -0.2) is 36.6 Å². The standard InChI is InChI=1S/C14H20N2O2/c1-11-10-18-8-7-16(11)14(17)6-5-12-3-2-4-13(15)9-12/h2-4,9,11H,5-8,10,15H2,1H3. The van der Waals surface area contributed by atoms with Crippen LogP contribution in [0.5, 0.6) is 0 Å². The van der Waals surface area contributed by atoms with Crippen LogP contribution in [0, 0.1) is 0 Å². The van der Waals surface area contributed by atoms with Gasteiger partial charge in [-0.2, -0.15) is 0 Å². The predicted octanol–water partition coefficient (Wildman–Crippen LogP) is 1.45. The van der Waals surface area contributed by atoms with Crippen LogP contribution < -0.4 is 5.73 Å². The van der Waals surface area contributed by atoms with Crippen LogP contribution in [0.15, 0.2) is 24.3 Å². The van der Waals surface area contributed by atoms with Crippen LogP contribution in [-0.2, 0) is 16.0 Å². The summed E-state index contributed by atoms with van der Waals surface area (Å²) in [5, 5.41) is 0. The Morgan fingerprint density at radius 2 is 2.39 bits per heavy atom. The molecule has 0 bridgehead atoms. The fourth-order valence-corrected chi connectivity index (χ4v) is 2.24. The monoisotopic (exact) mass is 248 g/mol. The molecule has 1 atom stereocenters. The maximum atomic E-state index is 12.1. The van der Waals surface area contributed by atoms with E-state index in [4.69, 9.17) is 10.5 Å². The average Bonchev–Trinajstić information content (AvgIpc) is 2.37. The van der Waals surface area contributed by atoms with Crippen LogP contribution in [0.25, 0.3) is 0 Å². The normalized spacial score (nSPS) is 19.8. The molecule has 1 aromatic carbocycles. The maximum Gasteiger partial charge on any atom is 0.223 e. The molecule has 1 aliphatic rings. The van der Waals surface area contributed by atoms with Gasteiger partial charge in [0.1, 0.15) is 0 Å². The highest BCUT2D eigenvalue weighted by Crippen LogP contribution is 2.12. The number of carbonyl (C=O) groups is 1. The number of amides is 1. The summed E-state index contributed by atoms with van der Waals surface area (Å²) >= 11 is 0. The summed E-state index contributed by atoms with van der Waals surface area (Å²) in [6, 6.07) is 7.90. The molecule has 18 heavy (non-hydrogen) atoms. The largest absolute Gasteiger partial charge is 0.399 e. The number of hydrogen-bond donors (Lipinski definition) is 1. The molecule has 0 saturated carbocycles. The molecule has 0 aromatic heterocycles. The SMILES string of the molecule is CC1COCCN1C(=O)CCc1cccc(N)c1. The average molecular weight is 248 g/mol. The van der Waals surface area contributed by atoms with Crippen LogP contribution in [0.3, 0.4) is 0 Å². The van der Waals surface area contributed by atoms with Gasteiger partial charge in [0.15, 0.2) is 0 Å². The second-order valence-electron chi connectivity index (χ2n) is 4.76. The van der Waals surface area contributed by atoms with E-state index in [1.54, 1.807) is 0 Å². The lowest BCUT2D eigenvalue weighted by atomic mass is 10.1. The Hall–Kier alpha value is -1.55. The van der Waals surface area contributed by atoms with Gasteiger partial charge in [-0.05, 0) is 31.0 Å². The molecule has 4 nitrogen and oxygen atoms in total. The molecule has 1 unspecified atom stereocenters. The summed E-state index contributed by atoms with van der Waals surface area (Å²) in [7, 11) is 0. The van der Waals surface area contributed by atoms with Crippen molar-refractivity contribution in [1.29, 1.82) is 0 Å². The second kappa shape index (κ2) is 5.87. The number of aryl methyl sites for hydroxylation is 1. The molecule has 0 radical (unpaired) electrons. The number of rotatable bonds is 3. The number of benzene rings is 1. The molecule has 0 aliphatic carbocycles. The summed E-state index contributed by atoms with van der Waals surface area (Å²) < 4.78 is 5.33. The summed E-state index contributed by atoms with van der Waals surface area (Å²) in [5.41, 5.74) is 7.58. The van der Waals surface area contributed by atoms with Crippen molar-refractivity contribution in [3.63, 3.8) is 0 Å². The van der Waals surface area contributed by atoms with E-state index >= 15 is 0 Å². The minimum absolute atomic E-state index is 0.187. The molecule has 2 N–H and O–H groups in total. The van der Waals surface area contributed by atoms with Crippen molar-refractivity contribution in [3.05, 3.63) is 29.8 Å². The summed E-state index contributed by atoms with van der Waals surface area (Å²) in [6.07, 6.45) is 1.28. The number of ether oxygens (including phenoxy) is 1. The van der Waals surface area contributed by atoms with E-state index in [-0.39, 0.29) is 11.9 Å². The van der Waals surface area contributed by atoms with Crippen LogP contribution in [0.4, 0.5) is 5.69 Å². The van der Waals surface area contributed by atoms with Gasteiger partial charge in [-0.1, -0.05) is 12.1 Å². The number of carbonyl (C=O) groups excluding carboxylic acids is 1. The first-order chi connectivity index (χ1) is 8.66. The Morgan fingerprint density at radius 3 is 3.11 bits per heavy atom. The highest BCUT2D eigenvalue weighted by Gasteiger charge is 2.23. The van der Waals surface area contributed by atoms with Crippen LogP contribution in [0.1, 0.15) is 18.9 Å². The van der Waals surface area contributed by atoms with Crippen molar-refractivity contribution in [2.45, 2.75) is 25.8 Å². The third kappa shape index (κ3) is 3.23.